The maximum atomic E-state index is 13.3. The van der Waals surface area contributed by atoms with Crippen LogP contribution in [0.15, 0.2) is 48.5 Å². The van der Waals surface area contributed by atoms with Gasteiger partial charge in [-0.2, -0.15) is 0 Å². The Hall–Kier alpha value is -2.73. The van der Waals surface area contributed by atoms with Crippen molar-refractivity contribution in [3.8, 4) is 5.75 Å². The summed E-state index contributed by atoms with van der Waals surface area (Å²) in [6, 6.07) is 11.8. The van der Waals surface area contributed by atoms with Crippen LogP contribution >= 0.6 is 0 Å². The molecule has 108 valence electrons. The topological polar surface area (TPSA) is 81.4 Å². The molecule has 2 aromatic carbocycles. The maximum absolute atomic E-state index is 13.3. The van der Waals surface area contributed by atoms with E-state index in [2.05, 4.69) is 5.32 Å². The number of nitrogens with one attached hydrogen (secondary N) is 1. The van der Waals surface area contributed by atoms with Gasteiger partial charge in [-0.05, 0) is 24.3 Å². The minimum absolute atomic E-state index is 0.122. The molecule has 0 spiro atoms. The Morgan fingerprint density at radius 3 is 2.62 bits per heavy atom. The van der Waals surface area contributed by atoms with Crippen LogP contribution < -0.4 is 15.8 Å². The molecule has 0 radical (unpaired) electrons. The molecule has 21 heavy (non-hydrogen) atoms. The van der Waals surface area contributed by atoms with Gasteiger partial charge in [-0.15, -0.1) is 0 Å². The third-order valence-corrected chi connectivity index (χ3v) is 2.66. The highest BCUT2D eigenvalue weighted by atomic mass is 19.1. The average Bonchev–Trinajstić information content (AvgIpc) is 2.49. The van der Waals surface area contributed by atoms with Crippen LogP contribution in [0.1, 0.15) is 10.4 Å². The highest BCUT2D eigenvalue weighted by molar-refractivity contribution is 5.99. The summed E-state index contributed by atoms with van der Waals surface area (Å²) in [6.07, 6.45) is -0.850. The molecule has 3 N–H and O–H groups in total. The van der Waals surface area contributed by atoms with Gasteiger partial charge < -0.3 is 10.5 Å². The van der Waals surface area contributed by atoms with Crippen molar-refractivity contribution in [2.75, 3.05) is 11.9 Å². The maximum Gasteiger partial charge on any atom is 0.417 e. The molecule has 0 saturated carbocycles. The second-order valence-corrected chi connectivity index (χ2v) is 4.15. The smallest absolute Gasteiger partial charge is 0.407 e. The first-order chi connectivity index (χ1) is 10.1. The zero-order valence-corrected chi connectivity index (χ0v) is 11.0. The Bertz CT molecular complexity index is 673. The van der Waals surface area contributed by atoms with Crippen LogP contribution in [0.25, 0.3) is 0 Å². The van der Waals surface area contributed by atoms with E-state index in [1.54, 1.807) is 24.3 Å². The van der Waals surface area contributed by atoms with Gasteiger partial charge >= 0.3 is 6.09 Å². The Kier molecular flexibility index (Phi) is 4.63. The van der Waals surface area contributed by atoms with Gasteiger partial charge in [0.2, 0.25) is 0 Å². The van der Waals surface area contributed by atoms with Gasteiger partial charge in [0, 0.05) is 11.3 Å². The molecule has 0 heterocycles. The number of nitrogens with two attached hydrogens (primary N) is 1. The van der Waals surface area contributed by atoms with Crippen molar-refractivity contribution in [1.29, 1.82) is 0 Å². The molecule has 2 rings (SSSR count). The van der Waals surface area contributed by atoms with Crippen molar-refractivity contribution in [2.45, 2.75) is 0 Å². The number of Topliss-reactive ketones (excluding diaryl/α,β-unsaturated/α-hetero) is 1. The molecule has 0 unspecified atom stereocenters. The summed E-state index contributed by atoms with van der Waals surface area (Å²) < 4.78 is 18.2. The molecule has 2 aromatic rings. The molecule has 0 fully saturated rings. The highest BCUT2D eigenvalue weighted by Crippen LogP contribution is 2.17. The summed E-state index contributed by atoms with van der Waals surface area (Å²) in [4.78, 5) is 23.1. The van der Waals surface area contributed by atoms with Gasteiger partial charge in [0.1, 0.15) is 0 Å². The van der Waals surface area contributed by atoms with E-state index in [1.165, 1.54) is 24.3 Å². The predicted molar refractivity (Wildman–Crippen MR) is 75.9 cm³/mol. The largest absolute Gasteiger partial charge is 0.417 e. The molecule has 0 aliphatic rings. The van der Waals surface area contributed by atoms with E-state index in [4.69, 9.17) is 10.5 Å². The van der Waals surface area contributed by atoms with Gasteiger partial charge in [0.05, 0.1) is 6.54 Å². The van der Waals surface area contributed by atoms with E-state index in [9.17, 15) is 14.0 Å². The van der Waals surface area contributed by atoms with Gasteiger partial charge in [-0.1, -0.05) is 24.3 Å². The zero-order valence-electron chi connectivity index (χ0n) is 11.0. The van der Waals surface area contributed by atoms with Gasteiger partial charge in [-0.3, -0.25) is 10.1 Å². The summed E-state index contributed by atoms with van der Waals surface area (Å²) in [7, 11) is 0. The minimum atomic E-state index is -0.850. The first-order valence-electron chi connectivity index (χ1n) is 6.17. The van der Waals surface area contributed by atoms with Crippen LogP contribution in [0.2, 0.25) is 0 Å². The van der Waals surface area contributed by atoms with E-state index < -0.39 is 11.9 Å². The normalized spacial score (nSPS) is 10.0. The molecular weight excluding hydrogens is 275 g/mol. The second kappa shape index (κ2) is 6.62. The molecule has 0 atom stereocenters. The third-order valence-electron chi connectivity index (χ3n) is 2.66. The van der Waals surface area contributed by atoms with Crippen molar-refractivity contribution in [2.24, 2.45) is 5.73 Å². The first kappa shape index (κ1) is 14.7. The van der Waals surface area contributed by atoms with Crippen LogP contribution in [-0.4, -0.2) is 18.4 Å². The highest BCUT2D eigenvalue weighted by Gasteiger charge is 2.10. The summed E-state index contributed by atoms with van der Waals surface area (Å²) in [5.74, 6) is -1.06. The van der Waals surface area contributed by atoms with Crippen LogP contribution in [0.3, 0.4) is 0 Å². The minimum Gasteiger partial charge on any atom is -0.407 e. The van der Waals surface area contributed by atoms with E-state index >= 15 is 0 Å². The van der Waals surface area contributed by atoms with E-state index in [0.29, 0.717) is 11.3 Å². The summed E-state index contributed by atoms with van der Waals surface area (Å²) in [5, 5.41) is 2.42. The number of ether oxygens (including phenoxy) is 1. The monoisotopic (exact) mass is 288 g/mol. The van der Waals surface area contributed by atoms with Gasteiger partial charge in [0.15, 0.2) is 17.3 Å². The quantitative estimate of drug-likeness (QED) is 0.847. The third kappa shape index (κ3) is 3.87. The Morgan fingerprint density at radius 1 is 1.14 bits per heavy atom. The average molecular weight is 288 g/mol. The van der Waals surface area contributed by atoms with E-state index in [-0.39, 0.29) is 18.1 Å². The number of hydrogen-bond acceptors (Lipinski definition) is 4. The fourth-order valence-electron chi connectivity index (χ4n) is 1.66. The molecular formula is C15H13FN2O3. The fraction of sp³-hybridized carbons (Fsp3) is 0.0667. The summed E-state index contributed by atoms with van der Waals surface area (Å²) >= 11 is 0. The lowest BCUT2D eigenvalue weighted by Gasteiger charge is -2.08. The van der Waals surface area contributed by atoms with Crippen LogP contribution in [0.4, 0.5) is 14.9 Å². The molecule has 1 amide bonds. The number of halogens is 1. The number of carbonyl (C=O) groups excluding carboxylic acids is 2. The van der Waals surface area contributed by atoms with Crippen LogP contribution in [0.5, 0.6) is 5.75 Å². The van der Waals surface area contributed by atoms with Gasteiger partial charge in [0.25, 0.3) is 0 Å². The van der Waals surface area contributed by atoms with Crippen molar-refractivity contribution >= 4 is 17.6 Å². The van der Waals surface area contributed by atoms with Gasteiger partial charge in [-0.25, -0.2) is 9.18 Å². The van der Waals surface area contributed by atoms with Crippen molar-refractivity contribution in [3.05, 3.63) is 59.9 Å². The molecule has 5 nitrogen and oxygen atoms in total. The Morgan fingerprint density at radius 2 is 1.90 bits per heavy atom. The molecule has 0 saturated heterocycles. The standard InChI is InChI=1S/C15H13FN2O3/c16-12-6-1-2-7-14(12)21-15(20)18-11-5-3-4-10(8-11)13(19)9-17/h1-8H,9,17H2,(H,18,20). The Balaban J connectivity index is 2.06. The molecule has 0 bridgehead atoms. The number of anilines is 1. The number of ketones is 1. The van der Waals surface area contributed by atoms with E-state index in [0.717, 1.165) is 0 Å². The SMILES string of the molecule is NCC(=O)c1cccc(NC(=O)Oc2ccccc2F)c1. The lowest BCUT2D eigenvalue weighted by atomic mass is 10.1. The van der Waals surface area contributed by atoms with Crippen molar-refractivity contribution < 1.29 is 18.7 Å². The summed E-state index contributed by atoms with van der Waals surface area (Å²) in [5.41, 5.74) is 6.00. The molecule has 0 aliphatic heterocycles. The van der Waals surface area contributed by atoms with Crippen LogP contribution in [0, 0.1) is 5.82 Å². The lowest BCUT2D eigenvalue weighted by molar-refractivity contribution is 0.100. The molecule has 6 heteroatoms. The molecule has 0 aliphatic carbocycles. The van der Waals surface area contributed by atoms with E-state index in [1.807, 2.05) is 0 Å². The number of hydrogen-bond donors (Lipinski definition) is 2. The van der Waals surface area contributed by atoms with Crippen LogP contribution in [-0.2, 0) is 0 Å². The van der Waals surface area contributed by atoms with Crippen molar-refractivity contribution in [1.82, 2.24) is 0 Å². The molecule has 0 aromatic heterocycles. The fourth-order valence-corrected chi connectivity index (χ4v) is 1.66. The predicted octanol–water partition coefficient (Wildman–Crippen LogP) is 2.58. The first-order valence-corrected chi connectivity index (χ1v) is 6.17. The Labute approximate surface area is 120 Å². The number of rotatable bonds is 4. The number of para-hydroxylation sites is 1. The zero-order chi connectivity index (χ0) is 15.2. The second-order valence-electron chi connectivity index (χ2n) is 4.15. The summed E-state index contributed by atoms with van der Waals surface area (Å²) in [6.45, 7) is -0.122. The number of benzene rings is 2. The lowest BCUT2D eigenvalue weighted by Crippen LogP contribution is -2.18. The number of amides is 1. The van der Waals surface area contributed by atoms with Crippen molar-refractivity contribution in [3.63, 3.8) is 0 Å². The number of carbonyl (C=O) groups is 2.